The molecular weight excluding hydrogens is 294 g/mol. The average molecular weight is 313 g/mol. The van der Waals surface area contributed by atoms with Gasteiger partial charge in [0.1, 0.15) is 12.4 Å². The summed E-state index contributed by atoms with van der Waals surface area (Å²) in [5, 5.41) is 11.2. The number of nitrogens with zero attached hydrogens (tertiary/aromatic N) is 1. The number of hydrogen-bond acceptors (Lipinski definition) is 2. The Morgan fingerprint density at radius 1 is 0.833 bits per heavy atom. The van der Waals surface area contributed by atoms with Crippen LogP contribution in [0.25, 0.3) is 10.8 Å². The van der Waals surface area contributed by atoms with Crippen molar-refractivity contribution in [3.05, 3.63) is 76.9 Å². The van der Waals surface area contributed by atoms with Gasteiger partial charge in [0.2, 0.25) is 0 Å². The topological polar surface area (TPSA) is 33.0 Å². The summed E-state index contributed by atoms with van der Waals surface area (Å²) in [5.74, 6) is 0.954. The van der Waals surface area contributed by atoms with Crippen molar-refractivity contribution >= 4 is 10.8 Å². The molecule has 1 aliphatic carbocycles. The van der Waals surface area contributed by atoms with Crippen molar-refractivity contribution in [2.45, 2.75) is 32.3 Å². The lowest BCUT2D eigenvalue weighted by Gasteiger charge is -2.17. The molecule has 1 aliphatic rings. The van der Waals surface area contributed by atoms with Crippen LogP contribution in [0.15, 0.2) is 54.6 Å². The summed E-state index contributed by atoms with van der Waals surface area (Å²) in [4.78, 5) is 0. The molecule has 0 saturated carbocycles. The van der Waals surface area contributed by atoms with Crippen LogP contribution >= 0.6 is 0 Å². The molecule has 3 aromatic carbocycles. The molecule has 0 bridgehead atoms. The molecule has 0 saturated heterocycles. The predicted octanol–water partition coefficient (Wildman–Crippen LogP) is 5.17. The molecule has 0 atom stereocenters. The smallest absolute Gasteiger partial charge is 0.120 e. The zero-order valence-electron chi connectivity index (χ0n) is 13.6. The minimum atomic E-state index is 0.564. The first-order valence-electron chi connectivity index (χ1n) is 8.49. The Morgan fingerprint density at radius 2 is 1.62 bits per heavy atom. The van der Waals surface area contributed by atoms with E-state index in [9.17, 15) is 0 Å². The van der Waals surface area contributed by atoms with E-state index in [1.54, 1.807) is 0 Å². The first-order valence-corrected chi connectivity index (χ1v) is 8.49. The summed E-state index contributed by atoms with van der Waals surface area (Å²) in [5.41, 5.74) is 4.76. The van der Waals surface area contributed by atoms with Crippen LogP contribution in [0.2, 0.25) is 0 Å². The van der Waals surface area contributed by atoms with Crippen molar-refractivity contribution in [3.8, 4) is 11.8 Å². The molecular formula is C22H19NO. The Hall–Kier alpha value is -2.79. The summed E-state index contributed by atoms with van der Waals surface area (Å²) < 4.78 is 6.00. The summed E-state index contributed by atoms with van der Waals surface area (Å²) >= 11 is 0. The standard InChI is InChI=1S/C22H19NO/c23-14-16-5-7-21-12-17(6-8-20(21)11-16)15-24-22-10-9-18-3-1-2-4-19(18)13-22/h5-13H,1-4,15H2. The lowest BCUT2D eigenvalue weighted by Crippen LogP contribution is -2.03. The third-order valence-corrected chi connectivity index (χ3v) is 4.76. The van der Waals surface area contributed by atoms with Gasteiger partial charge in [0, 0.05) is 0 Å². The predicted molar refractivity (Wildman–Crippen MR) is 96.1 cm³/mol. The first kappa shape index (κ1) is 14.8. The highest BCUT2D eigenvalue weighted by atomic mass is 16.5. The van der Waals surface area contributed by atoms with Gasteiger partial charge in [-0.25, -0.2) is 0 Å². The molecule has 0 aliphatic heterocycles. The van der Waals surface area contributed by atoms with E-state index in [4.69, 9.17) is 10.00 Å². The van der Waals surface area contributed by atoms with Crippen molar-refractivity contribution in [2.75, 3.05) is 0 Å². The van der Waals surface area contributed by atoms with E-state index in [1.807, 2.05) is 18.2 Å². The van der Waals surface area contributed by atoms with Crippen LogP contribution in [0.4, 0.5) is 0 Å². The van der Waals surface area contributed by atoms with E-state index >= 15 is 0 Å². The number of benzene rings is 3. The molecule has 0 heterocycles. The molecule has 0 spiro atoms. The fraction of sp³-hybridized carbons (Fsp3) is 0.227. The molecule has 0 aromatic heterocycles. The van der Waals surface area contributed by atoms with Gasteiger partial charge in [0.05, 0.1) is 11.6 Å². The molecule has 2 nitrogen and oxygen atoms in total. The van der Waals surface area contributed by atoms with Crippen LogP contribution in [0, 0.1) is 11.3 Å². The minimum Gasteiger partial charge on any atom is -0.489 e. The summed E-state index contributed by atoms with van der Waals surface area (Å²) in [7, 11) is 0. The molecule has 3 aromatic rings. The van der Waals surface area contributed by atoms with Crippen molar-refractivity contribution in [1.29, 1.82) is 5.26 Å². The number of ether oxygens (including phenoxy) is 1. The molecule has 0 N–H and O–H groups in total. The molecule has 0 radical (unpaired) electrons. The second-order valence-electron chi connectivity index (χ2n) is 6.43. The van der Waals surface area contributed by atoms with Crippen molar-refractivity contribution < 1.29 is 4.74 Å². The van der Waals surface area contributed by atoms with Crippen molar-refractivity contribution in [3.63, 3.8) is 0 Å². The average Bonchev–Trinajstić information content (AvgIpc) is 2.65. The maximum atomic E-state index is 8.98. The normalized spacial score (nSPS) is 13.3. The number of fused-ring (bicyclic) bond motifs is 2. The maximum absolute atomic E-state index is 8.98. The number of hydrogen-bond donors (Lipinski definition) is 0. The molecule has 118 valence electrons. The summed E-state index contributed by atoms with van der Waals surface area (Å²) in [6.45, 7) is 0.564. The Balaban J connectivity index is 1.51. The van der Waals surface area contributed by atoms with Crippen LogP contribution < -0.4 is 4.74 Å². The van der Waals surface area contributed by atoms with Crippen molar-refractivity contribution in [1.82, 2.24) is 0 Å². The fourth-order valence-electron chi connectivity index (χ4n) is 3.42. The SMILES string of the molecule is N#Cc1ccc2cc(COc3ccc4c(c3)CCCC4)ccc2c1. The Kier molecular flexibility index (Phi) is 3.92. The Labute approximate surface area is 142 Å². The highest BCUT2D eigenvalue weighted by Gasteiger charge is 2.10. The van der Waals surface area contributed by atoms with Gasteiger partial charge in [-0.05, 0) is 83.5 Å². The number of aryl methyl sites for hydroxylation is 2. The van der Waals surface area contributed by atoms with Gasteiger partial charge in [-0.2, -0.15) is 5.26 Å². The van der Waals surface area contributed by atoms with Crippen LogP contribution in [0.3, 0.4) is 0 Å². The lowest BCUT2D eigenvalue weighted by atomic mass is 9.92. The highest BCUT2D eigenvalue weighted by Crippen LogP contribution is 2.26. The monoisotopic (exact) mass is 313 g/mol. The van der Waals surface area contributed by atoms with E-state index in [1.165, 1.54) is 36.8 Å². The summed E-state index contributed by atoms with van der Waals surface area (Å²) in [6, 6.07) is 20.7. The van der Waals surface area contributed by atoms with Crippen LogP contribution in [-0.4, -0.2) is 0 Å². The molecule has 0 unspecified atom stereocenters. The zero-order chi connectivity index (χ0) is 16.4. The first-order chi connectivity index (χ1) is 11.8. The van der Waals surface area contributed by atoms with Gasteiger partial charge < -0.3 is 4.74 Å². The van der Waals surface area contributed by atoms with E-state index in [0.29, 0.717) is 12.2 Å². The minimum absolute atomic E-state index is 0.564. The molecule has 2 heteroatoms. The highest BCUT2D eigenvalue weighted by molar-refractivity contribution is 5.84. The second kappa shape index (κ2) is 6.37. The number of nitriles is 1. The van der Waals surface area contributed by atoms with E-state index in [2.05, 4.69) is 42.5 Å². The van der Waals surface area contributed by atoms with Gasteiger partial charge in [0.25, 0.3) is 0 Å². The third-order valence-electron chi connectivity index (χ3n) is 4.76. The Morgan fingerprint density at radius 3 is 2.50 bits per heavy atom. The number of rotatable bonds is 3. The summed E-state index contributed by atoms with van der Waals surface area (Å²) in [6.07, 6.45) is 4.96. The fourth-order valence-corrected chi connectivity index (χ4v) is 3.42. The van der Waals surface area contributed by atoms with Crippen LogP contribution in [-0.2, 0) is 19.4 Å². The van der Waals surface area contributed by atoms with Gasteiger partial charge in [0.15, 0.2) is 0 Å². The van der Waals surface area contributed by atoms with Gasteiger partial charge in [-0.15, -0.1) is 0 Å². The van der Waals surface area contributed by atoms with E-state index in [-0.39, 0.29) is 0 Å². The molecule has 4 rings (SSSR count). The molecule has 24 heavy (non-hydrogen) atoms. The van der Waals surface area contributed by atoms with Gasteiger partial charge in [-0.1, -0.05) is 24.3 Å². The maximum Gasteiger partial charge on any atom is 0.120 e. The lowest BCUT2D eigenvalue weighted by molar-refractivity contribution is 0.306. The van der Waals surface area contributed by atoms with E-state index < -0.39 is 0 Å². The second-order valence-corrected chi connectivity index (χ2v) is 6.43. The Bertz CT molecular complexity index is 936. The molecule has 0 fully saturated rings. The van der Waals surface area contributed by atoms with Crippen LogP contribution in [0.5, 0.6) is 5.75 Å². The van der Waals surface area contributed by atoms with Gasteiger partial charge >= 0.3 is 0 Å². The van der Waals surface area contributed by atoms with E-state index in [0.717, 1.165) is 22.1 Å². The molecule has 0 amide bonds. The van der Waals surface area contributed by atoms with Crippen molar-refractivity contribution in [2.24, 2.45) is 0 Å². The zero-order valence-corrected chi connectivity index (χ0v) is 13.6. The van der Waals surface area contributed by atoms with Gasteiger partial charge in [-0.3, -0.25) is 0 Å². The quantitative estimate of drug-likeness (QED) is 0.668. The largest absolute Gasteiger partial charge is 0.489 e. The van der Waals surface area contributed by atoms with Crippen LogP contribution in [0.1, 0.15) is 35.1 Å². The third kappa shape index (κ3) is 2.98.